The fourth-order valence-electron chi connectivity index (χ4n) is 3.58. The maximum absolute atomic E-state index is 12.8. The Morgan fingerprint density at radius 2 is 1.93 bits per heavy atom. The summed E-state index contributed by atoms with van der Waals surface area (Å²) >= 11 is 0. The number of benzene rings is 2. The predicted molar refractivity (Wildman–Crippen MR) is 106 cm³/mol. The minimum absolute atomic E-state index is 0.119. The third kappa shape index (κ3) is 3.43. The zero-order chi connectivity index (χ0) is 19.7. The molecule has 1 atom stereocenters. The lowest BCUT2D eigenvalue weighted by molar-refractivity contribution is -0.385. The van der Waals surface area contributed by atoms with Crippen LogP contribution in [-0.4, -0.2) is 28.8 Å². The molecule has 1 N–H and O–H groups in total. The molecule has 0 spiro atoms. The van der Waals surface area contributed by atoms with Gasteiger partial charge >= 0.3 is 0 Å². The first-order chi connectivity index (χ1) is 13.5. The van der Waals surface area contributed by atoms with Gasteiger partial charge in [0.15, 0.2) is 0 Å². The van der Waals surface area contributed by atoms with Gasteiger partial charge in [-0.05, 0) is 44.0 Å². The van der Waals surface area contributed by atoms with Crippen LogP contribution >= 0.6 is 0 Å². The van der Waals surface area contributed by atoms with Crippen LogP contribution in [-0.2, 0) is 0 Å². The van der Waals surface area contributed by atoms with E-state index >= 15 is 0 Å². The molecule has 4 rings (SSSR count). The van der Waals surface area contributed by atoms with Crippen molar-refractivity contribution in [3.8, 4) is 0 Å². The van der Waals surface area contributed by atoms with E-state index in [0.29, 0.717) is 18.8 Å². The van der Waals surface area contributed by atoms with E-state index in [-0.39, 0.29) is 23.2 Å². The van der Waals surface area contributed by atoms with Crippen molar-refractivity contribution >= 4 is 28.3 Å². The van der Waals surface area contributed by atoms with Crippen molar-refractivity contribution in [3.05, 3.63) is 70.0 Å². The van der Waals surface area contributed by atoms with Gasteiger partial charge in [-0.1, -0.05) is 18.2 Å². The minimum Gasteiger partial charge on any atom is -0.459 e. The lowest BCUT2D eigenvalue weighted by atomic mass is 10.1. The molecule has 28 heavy (non-hydrogen) atoms. The van der Waals surface area contributed by atoms with E-state index in [4.69, 9.17) is 4.42 Å². The Morgan fingerprint density at radius 3 is 2.64 bits per heavy atom. The summed E-state index contributed by atoms with van der Waals surface area (Å²) in [4.78, 5) is 25.3. The zero-order valence-corrected chi connectivity index (χ0v) is 15.6. The summed E-state index contributed by atoms with van der Waals surface area (Å²) in [6.45, 7) is 3.23. The smallest absolute Gasteiger partial charge is 0.282 e. The predicted octanol–water partition coefficient (Wildman–Crippen LogP) is 4.75. The van der Waals surface area contributed by atoms with E-state index < -0.39 is 4.92 Å². The maximum atomic E-state index is 12.8. The van der Waals surface area contributed by atoms with Crippen LogP contribution < -0.4 is 5.32 Å². The monoisotopic (exact) mass is 379 g/mol. The summed E-state index contributed by atoms with van der Waals surface area (Å²) in [7, 11) is 0. The first-order valence-electron chi connectivity index (χ1n) is 9.35. The number of nitro benzene ring substituents is 1. The Balaban J connectivity index is 1.61. The molecule has 0 unspecified atom stereocenters. The maximum Gasteiger partial charge on any atom is 0.282 e. The van der Waals surface area contributed by atoms with Gasteiger partial charge in [0.2, 0.25) is 0 Å². The number of nitrogens with zero attached hydrogens (tertiary/aromatic N) is 2. The van der Waals surface area contributed by atoms with Gasteiger partial charge in [-0.3, -0.25) is 14.9 Å². The van der Waals surface area contributed by atoms with Gasteiger partial charge in [0.25, 0.3) is 11.6 Å². The van der Waals surface area contributed by atoms with Crippen molar-refractivity contribution in [1.82, 2.24) is 4.90 Å². The molecular formula is C21H21N3O4. The van der Waals surface area contributed by atoms with Gasteiger partial charge in [-0.25, -0.2) is 0 Å². The molecule has 1 aromatic heterocycles. The number of para-hydroxylation sites is 1. The molecule has 2 aromatic carbocycles. The average molecular weight is 379 g/mol. The highest BCUT2D eigenvalue weighted by atomic mass is 16.6. The van der Waals surface area contributed by atoms with Gasteiger partial charge in [0.1, 0.15) is 16.9 Å². The number of hydrogen-bond donors (Lipinski definition) is 1. The molecule has 1 aliphatic heterocycles. The third-order valence-corrected chi connectivity index (χ3v) is 5.07. The Labute approximate surface area is 162 Å². The molecule has 0 saturated carbocycles. The molecule has 1 aliphatic rings. The molecule has 7 nitrogen and oxygen atoms in total. The Bertz CT molecular complexity index is 1000. The zero-order valence-electron chi connectivity index (χ0n) is 15.6. The van der Waals surface area contributed by atoms with Crippen LogP contribution in [0, 0.1) is 10.1 Å². The van der Waals surface area contributed by atoms with Gasteiger partial charge < -0.3 is 14.6 Å². The number of likely N-dealkylation sites (tertiary alicyclic amines) is 1. The van der Waals surface area contributed by atoms with Crippen LogP contribution in [0.1, 0.15) is 41.9 Å². The minimum atomic E-state index is -0.504. The second-order valence-corrected chi connectivity index (χ2v) is 7.04. The number of carbonyl (C=O) groups excluding carboxylic acids is 1. The number of nitrogens with one attached hydrogen (secondary N) is 1. The normalized spacial score (nSPS) is 15.0. The number of hydrogen-bond acceptors (Lipinski definition) is 5. The van der Waals surface area contributed by atoms with Crippen LogP contribution in [0.15, 0.2) is 52.9 Å². The van der Waals surface area contributed by atoms with Gasteiger partial charge in [-0.2, -0.15) is 0 Å². The van der Waals surface area contributed by atoms with Crippen LogP contribution in [0.5, 0.6) is 0 Å². The van der Waals surface area contributed by atoms with E-state index in [1.54, 1.807) is 17.0 Å². The van der Waals surface area contributed by atoms with Gasteiger partial charge in [0, 0.05) is 30.2 Å². The third-order valence-electron chi connectivity index (χ3n) is 5.07. The first-order valence-corrected chi connectivity index (χ1v) is 9.35. The van der Waals surface area contributed by atoms with E-state index in [0.717, 1.165) is 29.6 Å². The molecule has 0 bridgehead atoms. The largest absolute Gasteiger partial charge is 0.459 e. The molecule has 3 aromatic rings. The van der Waals surface area contributed by atoms with E-state index in [1.807, 2.05) is 37.3 Å². The molecule has 2 heterocycles. The number of nitro groups is 1. The SMILES string of the molecule is C[C@@H](Nc1ccc([N+](=O)[O-])c(C(=O)N2CCCC2)c1)c1cc2ccccc2o1. The number of furan rings is 1. The lowest BCUT2D eigenvalue weighted by Crippen LogP contribution is -2.28. The van der Waals surface area contributed by atoms with Crippen LogP contribution in [0.2, 0.25) is 0 Å². The number of anilines is 1. The van der Waals surface area contributed by atoms with Crippen LogP contribution in [0.3, 0.4) is 0 Å². The molecule has 144 valence electrons. The molecule has 0 radical (unpaired) electrons. The molecule has 7 heteroatoms. The summed E-state index contributed by atoms with van der Waals surface area (Å²) in [6, 6.07) is 14.1. The Morgan fingerprint density at radius 1 is 1.18 bits per heavy atom. The van der Waals surface area contributed by atoms with Gasteiger partial charge in [-0.15, -0.1) is 0 Å². The van der Waals surface area contributed by atoms with Crippen molar-refractivity contribution in [1.29, 1.82) is 0 Å². The number of amides is 1. The molecule has 1 fully saturated rings. The van der Waals surface area contributed by atoms with Crippen LogP contribution in [0.25, 0.3) is 11.0 Å². The highest BCUT2D eigenvalue weighted by Gasteiger charge is 2.27. The molecule has 1 saturated heterocycles. The summed E-state index contributed by atoms with van der Waals surface area (Å²) in [5.74, 6) is 0.469. The van der Waals surface area contributed by atoms with E-state index in [9.17, 15) is 14.9 Å². The van der Waals surface area contributed by atoms with E-state index in [2.05, 4.69) is 5.32 Å². The van der Waals surface area contributed by atoms with Crippen LogP contribution in [0.4, 0.5) is 11.4 Å². The topological polar surface area (TPSA) is 88.6 Å². The van der Waals surface area contributed by atoms with Crippen molar-refractivity contribution in [3.63, 3.8) is 0 Å². The van der Waals surface area contributed by atoms with E-state index in [1.165, 1.54) is 6.07 Å². The Hall–Kier alpha value is -3.35. The highest BCUT2D eigenvalue weighted by molar-refractivity contribution is 5.99. The van der Waals surface area contributed by atoms with Crippen molar-refractivity contribution in [2.45, 2.75) is 25.8 Å². The quantitative estimate of drug-likeness (QED) is 0.510. The number of fused-ring (bicyclic) bond motifs is 1. The number of rotatable bonds is 5. The summed E-state index contributed by atoms with van der Waals surface area (Å²) < 4.78 is 5.88. The highest BCUT2D eigenvalue weighted by Crippen LogP contribution is 2.29. The fraction of sp³-hybridized carbons (Fsp3) is 0.286. The first kappa shape index (κ1) is 18.0. The summed E-state index contributed by atoms with van der Waals surface area (Å²) in [5, 5.41) is 15.7. The second kappa shape index (κ2) is 7.34. The van der Waals surface area contributed by atoms with Crippen molar-refractivity contribution in [2.75, 3.05) is 18.4 Å². The summed E-state index contributed by atoms with van der Waals surface area (Å²) in [5.41, 5.74) is 1.40. The van der Waals surface area contributed by atoms with Gasteiger partial charge in [0.05, 0.1) is 11.0 Å². The Kier molecular flexibility index (Phi) is 4.73. The standard InChI is InChI=1S/C21H21N3O4/c1-14(20-12-15-6-2-3-7-19(15)28-20)22-16-8-9-18(24(26)27)17(13-16)21(25)23-10-4-5-11-23/h2-3,6-9,12-14,22H,4-5,10-11H2,1H3/t14-/m1/s1. The fourth-order valence-corrected chi connectivity index (χ4v) is 3.58. The van der Waals surface area contributed by atoms with Crippen molar-refractivity contribution < 1.29 is 14.1 Å². The molecule has 1 amide bonds. The number of carbonyl (C=O) groups is 1. The molecule has 0 aliphatic carbocycles. The second-order valence-electron chi connectivity index (χ2n) is 7.04. The molecular weight excluding hydrogens is 358 g/mol. The van der Waals surface area contributed by atoms with Crippen molar-refractivity contribution in [2.24, 2.45) is 0 Å². The summed E-state index contributed by atoms with van der Waals surface area (Å²) in [6.07, 6.45) is 1.86. The lowest BCUT2D eigenvalue weighted by Gasteiger charge is -2.17. The average Bonchev–Trinajstić information content (AvgIpc) is 3.37.